The van der Waals surface area contributed by atoms with Crippen molar-refractivity contribution in [2.24, 2.45) is 5.92 Å². The second kappa shape index (κ2) is 7.90. The zero-order valence-electron chi connectivity index (χ0n) is 12.9. The molecule has 1 saturated heterocycles. The maximum atomic E-state index is 12.5. The summed E-state index contributed by atoms with van der Waals surface area (Å²) < 4.78 is 0.778. The average molecular weight is 354 g/mol. The van der Waals surface area contributed by atoms with E-state index in [-0.39, 0.29) is 5.91 Å². The number of halogens is 1. The Morgan fingerprint density at radius 2 is 2.05 bits per heavy atom. The highest BCUT2D eigenvalue weighted by atomic mass is 79.9. The summed E-state index contributed by atoms with van der Waals surface area (Å²) in [5, 5.41) is 0. The summed E-state index contributed by atoms with van der Waals surface area (Å²) in [6.07, 6.45) is 3.85. The lowest BCUT2D eigenvalue weighted by Gasteiger charge is -2.34. The van der Waals surface area contributed by atoms with Crippen molar-refractivity contribution in [3.63, 3.8) is 0 Å². The zero-order chi connectivity index (χ0) is 15.2. The average Bonchev–Trinajstić information content (AvgIpc) is 2.53. The van der Waals surface area contributed by atoms with E-state index in [1.165, 1.54) is 0 Å². The molecule has 0 N–H and O–H groups in total. The first-order chi connectivity index (χ1) is 10.2. The zero-order valence-corrected chi connectivity index (χ0v) is 14.5. The summed E-state index contributed by atoms with van der Waals surface area (Å²) in [5.74, 6) is 0.755. The lowest BCUT2D eigenvalue weighted by molar-refractivity contribution is 0.0663. The van der Waals surface area contributed by atoms with Crippen molar-refractivity contribution in [1.82, 2.24) is 14.8 Å². The number of carbonyl (C=O) groups excluding carboxylic acids is 1. The first-order valence-corrected chi connectivity index (χ1v) is 8.57. The van der Waals surface area contributed by atoms with Gasteiger partial charge in [0.15, 0.2) is 0 Å². The van der Waals surface area contributed by atoms with Crippen LogP contribution in [0.2, 0.25) is 0 Å². The van der Waals surface area contributed by atoms with E-state index in [0.29, 0.717) is 11.6 Å². The highest BCUT2D eigenvalue weighted by Crippen LogP contribution is 2.22. The molecular formula is C16H24BrN3O. The van der Waals surface area contributed by atoms with Crippen LogP contribution in [-0.4, -0.2) is 53.4 Å². The predicted molar refractivity (Wildman–Crippen MR) is 88.4 cm³/mol. The number of piperidine rings is 1. The number of rotatable bonds is 5. The number of nitrogens with zero attached hydrogens (tertiary/aromatic N) is 3. The fourth-order valence-electron chi connectivity index (χ4n) is 2.86. The molecule has 0 aromatic carbocycles. The number of hydrogen-bond acceptors (Lipinski definition) is 3. The topological polar surface area (TPSA) is 36.4 Å². The molecule has 116 valence electrons. The van der Waals surface area contributed by atoms with E-state index < -0.39 is 0 Å². The summed E-state index contributed by atoms with van der Waals surface area (Å²) >= 11 is 3.41. The van der Waals surface area contributed by atoms with Crippen molar-refractivity contribution in [2.45, 2.75) is 26.7 Å². The highest BCUT2D eigenvalue weighted by molar-refractivity contribution is 9.10. The third kappa shape index (κ3) is 4.27. The van der Waals surface area contributed by atoms with Crippen LogP contribution in [-0.2, 0) is 0 Å². The van der Waals surface area contributed by atoms with Crippen LogP contribution in [0.5, 0.6) is 0 Å². The van der Waals surface area contributed by atoms with Gasteiger partial charge in [-0.1, -0.05) is 13.8 Å². The molecule has 4 nitrogen and oxygen atoms in total. The Bertz CT molecular complexity index is 468. The molecule has 21 heavy (non-hydrogen) atoms. The SMILES string of the molecule is CCN(CC)CC1CCN(C(=O)c2ncccc2Br)CC1. The molecule has 2 rings (SSSR count). The molecule has 0 atom stereocenters. The van der Waals surface area contributed by atoms with Gasteiger partial charge in [0.2, 0.25) is 0 Å². The maximum absolute atomic E-state index is 12.5. The molecule has 0 aliphatic carbocycles. The second-order valence-electron chi connectivity index (χ2n) is 5.56. The van der Waals surface area contributed by atoms with Crippen LogP contribution < -0.4 is 0 Å². The number of carbonyl (C=O) groups is 1. The van der Waals surface area contributed by atoms with Gasteiger partial charge in [-0.05, 0) is 59.9 Å². The van der Waals surface area contributed by atoms with Crippen LogP contribution in [0.3, 0.4) is 0 Å². The Hall–Kier alpha value is -0.940. The fourth-order valence-corrected chi connectivity index (χ4v) is 3.28. The molecule has 0 bridgehead atoms. The van der Waals surface area contributed by atoms with Crippen molar-refractivity contribution >= 4 is 21.8 Å². The second-order valence-corrected chi connectivity index (χ2v) is 6.41. The third-order valence-electron chi connectivity index (χ3n) is 4.27. The minimum Gasteiger partial charge on any atom is -0.337 e. The Morgan fingerprint density at radius 1 is 1.38 bits per heavy atom. The Kier molecular flexibility index (Phi) is 6.18. The molecule has 1 aromatic rings. The van der Waals surface area contributed by atoms with E-state index >= 15 is 0 Å². The monoisotopic (exact) mass is 353 g/mol. The molecule has 1 aromatic heterocycles. The summed E-state index contributed by atoms with van der Waals surface area (Å²) in [6.45, 7) is 9.47. The van der Waals surface area contributed by atoms with E-state index in [0.717, 1.165) is 50.0 Å². The molecule has 1 fully saturated rings. The van der Waals surface area contributed by atoms with Gasteiger partial charge >= 0.3 is 0 Å². The normalized spacial score (nSPS) is 16.5. The van der Waals surface area contributed by atoms with Crippen LogP contribution in [0.1, 0.15) is 37.2 Å². The Balaban J connectivity index is 1.89. The lowest BCUT2D eigenvalue weighted by Crippen LogP contribution is -2.42. The van der Waals surface area contributed by atoms with Crippen molar-refractivity contribution in [2.75, 3.05) is 32.7 Å². The van der Waals surface area contributed by atoms with Gasteiger partial charge in [-0.25, -0.2) is 4.98 Å². The molecule has 1 aliphatic rings. The molecule has 0 radical (unpaired) electrons. The van der Waals surface area contributed by atoms with Gasteiger partial charge in [0.1, 0.15) is 5.69 Å². The first kappa shape index (κ1) is 16.4. The minimum atomic E-state index is 0.0452. The smallest absolute Gasteiger partial charge is 0.273 e. The molecule has 0 unspecified atom stereocenters. The van der Waals surface area contributed by atoms with Gasteiger partial charge in [0, 0.05) is 30.3 Å². The summed E-state index contributed by atoms with van der Waals surface area (Å²) in [6, 6.07) is 3.70. The molecule has 1 amide bonds. The number of pyridine rings is 1. The molecule has 0 spiro atoms. The van der Waals surface area contributed by atoms with Crippen LogP contribution in [0, 0.1) is 5.92 Å². The van der Waals surface area contributed by atoms with Crippen molar-refractivity contribution in [1.29, 1.82) is 0 Å². The predicted octanol–water partition coefficient (Wildman–Crippen LogP) is 3.04. The van der Waals surface area contributed by atoms with Crippen LogP contribution in [0.4, 0.5) is 0 Å². The fraction of sp³-hybridized carbons (Fsp3) is 0.625. The molecule has 2 heterocycles. The third-order valence-corrected chi connectivity index (χ3v) is 4.91. The standard InChI is InChI=1S/C16H24BrN3O/c1-3-19(4-2)12-13-7-10-20(11-8-13)16(21)15-14(17)6-5-9-18-15/h5-6,9,13H,3-4,7-8,10-12H2,1-2H3. The molecule has 0 saturated carbocycles. The summed E-state index contributed by atoms with van der Waals surface area (Å²) in [7, 11) is 0. The van der Waals surface area contributed by atoms with E-state index in [1.807, 2.05) is 17.0 Å². The van der Waals surface area contributed by atoms with Gasteiger partial charge in [0.05, 0.1) is 0 Å². The van der Waals surface area contributed by atoms with Gasteiger partial charge in [-0.2, -0.15) is 0 Å². The van der Waals surface area contributed by atoms with Crippen molar-refractivity contribution < 1.29 is 4.79 Å². The molecule has 1 aliphatic heterocycles. The van der Waals surface area contributed by atoms with Crippen molar-refractivity contribution in [3.05, 3.63) is 28.5 Å². The van der Waals surface area contributed by atoms with E-state index in [1.54, 1.807) is 6.20 Å². The Morgan fingerprint density at radius 3 is 2.62 bits per heavy atom. The van der Waals surface area contributed by atoms with Gasteiger partial charge in [-0.15, -0.1) is 0 Å². The van der Waals surface area contributed by atoms with E-state index in [9.17, 15) is 4.79 Å². The molecular weight excluding hydrogens is 330 g/mol. The van der Waals surface area contributed by atoms with Crippen LogP contribution >= 0.6 is 15.9 Å². The largest absolute Gasteiger partial charge is 0.337 e. The minimum absolute atomic E-state index is 0.0452. The van der Waals surface area contributed by atoms with Gasteiger partial charge < -0.3 is 9.80 Å². The quantitative estimate of drug-likeness (QED) is 0.816. The number of likely N-dealkylation sites (tertiary alicyclic amines) is 1. The lowest BCUT2D eigenvalue weighted by atomic mass is 9.96. The van der Waals surface area contributed by atoms with Gasteiger partial charge in [0.25, 0.3) is 5.91 Å². The van der Waals surface area contributed by atoms with E-state index in [4.69, 9.17) is 0 Å². The number of amides is 1. The van der Waals surface area contributed by atoms with Crippen LogP contribution in [0.15, 0.2) is 22.8 Å². The molecule has 5 heteroatoms. The summed E-state index contributed by atoms with van der Waals surface area (Å²) in [5.41, 5.74) is 0.527. The first-order valence-electron chi connectivity index (χ1n) is 7.77. The van der Waals surface area contributed by atoms with Crippen LogP contribution in [0.25, 0.3) is 0 Å². The van der Waals surface area contributed by atoms with E-state index in [2.05, 4.69) is 39.7 Å². The Labute approximate surface area is 135 Å². The maximum Gasteiger partial charge on any atom is 0.273 e. The van der Waals surface area contributed by atoms with Crippen molar-refractivity contribution in [3.8, 4) is 0 Å². The summed E-state index contributed by atoms with van der Waals surface area (Å²) in [4.78, 5) is 21.1. The van der Waals surface area contributed by atoms with Gasteiger partial charge in [-0.3, -0.25) is 4.79 Å². The number of aromatic nitrogens is 1. The number of hydrogen-bond donors (Lipinski definition) is 0. The highest BCUT2D eigenvalue weighted by Gasteiger charge is 2.26.